The predicted octanol–water partition coefficient (Wildman–Crippen LogP) is 2.97. The number of rotatable bonds is 4. The third-order valence-corrected chi connectivity index (χ3v) is 2.67. The highest BCUT2D eigenvalue weighted by atomic mass is 16.3. The lowest BCUT2D eigenvalue weighted by Crippen LogP contribution is -2.30. The van der Waals surface area contributed by atoms with Crippen molar-refractivity contribution >= 4 is 5.69 Å². The van der Waals surface area contributed by atoms with Crippen molar-refractivity contribution in [1.82, 2.24) is 0 Å². The first-order valence-electron chi connectivity index (χ1n) is 5.61. The van der Waals surface area contributed by atoms with Crippen molar-refractivity contribution in [1.29, 1.82) is 0 Å². The number of anilines is 1. The molecule has 1 atom stereocenters. The van der Waals surface area contributed by atoms with Crippen molar-refractivity contribution in [2.45, 2.75) is 39.8 Å². The average Bonchev–Trinajstić information content (AvgIpc) is 2.19. The molecule has 0 saturated heterocycles. The summed E-state index contributed by atoms with van der Waals surface area (Å²) < 4.78 is 0. The summed E-state index contributed by atoms with van der Waals surface area (Å²) in [7, 11) is 0. The molecule has 0 heterocycles. The fraction of sp³-hybridized carbons (Fsp3) is 0.538. The van der Waals surface area contributed by atoms with E-state index in [2.05, 4.69) is 37.8 Å². The highest BCUT2D eigenvalue weighted by Crippen LogP contribution is 2.20. The summed E-state index contributed by atoms with van der Waals surface area (Å²) in [5.74, 6) is 0. The number of aliphatic hydroxyl groups is 1. The van der Waals surface area contributed by atoms with E-state index in [0.717, 1.165) is 12.1 Å². The third kappa shape index (κ3) is 2.96. The molecule has 84 valence electrons. The molecule has 1 aromatic rings. The van der Waals surface area contributed by atoms with Crippen LogP contribution < -0.4 is 4.90 Å². The Balaban J connectivity index is 2.87. The molecule has 0 saturated carbocycles. The van der Waals surface area contributed by atoms with Gasteiger partial charge in [0.05, 0.1) is 6.10 Å². The topological polar surface area (TPSA) is 23.5 Å². The molecule has 0 aliphatic heterocycles. The van der Waals surface area contributed by atoms with Crippen molar-refractivity contribution in [3.8, 4) is 0 Å². The summed E-state index contributed by atoms with van der Waals surface area (Å²) in [5, 5.41) is 9.41. The third-order valence-electron chi connectivity index (χ3n) is 2.67. The van der Waals surface area contributed by atoms with E-state index in [9.17, 15) is 5.11 Å². The molecule has 0 spiro atoms. The van der Waals surface area contributed by atoms with E-state index in [4.69, 9.17) is 0 Å². The molecule has 2 heteroatoms. The molecule has 0 unspecified atom stereocenters. The standard InChI is InChI=1S/C13H21NO/c1-5-14(10(2)3)13-8-6-12(7-9-13)11(4)15/h6-11,15H,5H2,1-4H3/t11-/m1/s1. The Hall–Kier alpha value is -1.02. The van der Waals surface area contributed by atoms with Gasteiger partial charge in [0, 0.05) is 18.3 Å². The summed E-state index contributed by atoms with van der Waals surface area (Å²) in [6, 6.07) is 8.64. The van der Waals surface area contributed by atoms with Gasteiger partial charge < -0.3 is 10.0 Å². The predicted molar refractivity (Wildman–Crippen MR) is 65.2 cm³/mol. The van der Waals surface area contributed by atoms with E-state index in [1.54, 1.807) is 6.92 Å². The molecular weight excluding hydrogens is 186 g/mol. The fourth-order valence-electron chi connectivity index (χ4n) is 1.79. The van der Waals surface area contributed by atoms with Gasteiger partial charge in [-0.15, -0.1) is 0 Å². The minimum atomic E-state index is -0.381. The number of aliphatic hydroxyl groups excluding tert-OH is 1. The van der Waals surface area contributed by atoms with Crippen LogP contribution in [0.1, 0.15) is 39.4 Å². The van der Waals surface area contributed by atoms with E-state index >= 15 is 0 Å². The van der Waals surface area contributed by atoms with Gasteiger partial charge in [-0.1, -0.05) is 12.1 Å². The Morgan fingerprint density at radius 3 is 2.00 bits per heavy atom. The van der Waals surface area contributed by atoms with Gasteiger partial charge in [0.2, 0.25) is 0 Å². The van der Waals surface area contributed by atoms with Crippen LogP contribution in [0, 0.1) is 0 Å². The molecule has 1 N–H and O–H groups in total. The molecule has 0 aliphatic carbocycles. The minimum Gasteiger partial charge on any atom is -0.389 e. The van der Waals surface area contributed by atoms with Gasteiger partial charge in [0.25, 0.3) is 0 Å². The molecule has 0 aliphatic rings. The molecule has 15 heavy (non-hydrogen) atoms. The largest absolute Gasteiger partial charge is 0.389 e. The van der Waals surface area contributed by atoms with Gasteiger partial charge >= 0.3 is 0 Å². The van der Waals surface area contributed by atoms with Crippen LogP contribution >= 0.6 is 0 Å². The van der Waals surface area contributed by atoms with E-state index < -0.39 is 0 Å². The molecule has 0 amide bonds. The van der Waals surface area contributed by atoms with Crippen molar-refractivity contribution in [2.24, 2.45) is 0 Å². The first-order valence-corrected chi connectivity index (χ1v) is 5.61. The zero-order chi connectivity index (χ0) is 11.4. The number of hydrogen-bond donors (Lipinski definition) is 1. The molecule has 1 rings (SSSR count). The van der Waals surface area contributed by atoms with Gasteiger partial charge in [0.15, 0.2) is 0 Å². The van der Waals surface area contributed by atoms with E-state index in [-0.39, 0.29) is 6.10 Å². The Labute approximate surface area is 92.5 Å². The zero-order valence-electron chi connectivity index (χ0n) is 10.1. The number of nitrogens with zero attached hydrogens (tertiary/aromatic N) is 1. The molecule has 0 aromatic heterocycles. The first kappa shape index (κ1) is 12.1. The van der Waals surface area contributed by atoms with Crippen LogP contribution in [0.5, 0.6) is 0 Å². The Kier molecular flexibility index (Phi) is 4.15. The van der Waals surface area contributed by atoms with Crippen LogP contribution in [0.15, 0.2) is 24.3 Å². The highest BCUT2D eigenvalue weighted by molar-refractivity contribution is 5.48. The Morgan fingerprint density at radius 1 is 1.13 bits per heavy atom. The maximum absolute atomic E-state index is 9.41. The van der Waals surface area contributed by atoms with Gasteiger partial charge in [-0.2, -0.15) is 0 Å². The smallest absolute Gasteiger partial charge is 0.0761 e. The van der Waals surface area contributed by atoms with Crippen LogP contribution in [0.4, 0.5) is 5.69 Å². The zero-order valence-corrected chi connectivity index (χ0v) is 10.1. The second-order valence-electron chi connectivity index (χ2n) is 4.15. The summed E-state index contributed by atoms with van der Waals surface area (Å²) in [4.78, 5) is 2.33. The minimum absolute atomic E-state index is 0.381. The van der Waals surface area contributed by atoms with Crippen LogP contribution in [0.3, 0.4) is 0 Å². The lowest BCUT2D eigenvalue weighted by Gasteiger charge is -2.27. The summed E-state index contributed by atoms with van der Waals surface area (Å²) in [6.07, 6.45) is -0.381. The summed E-state index contributed by atoms with van der Waals surface area (Å²) in [6.45, 7) is 9.32. The second-order valence-corrected chi connectivity index (χ2v) is 4.15. The SMILES string of the molecule is CCN(c1ccc([C@@H](C)O)cc1)C(C)C. The van der Waals surface area contributed by atoms with E-state index in [1.807, 2.05) is 12.1 Å². The quantitative estimate of drug-likeness (QED) is 0.820. The van der Waals surface area contributed by atoms with Crippen LogP contribution in [-0.4, -0.2) is 17.7 Å². The van der Waals surface area contributed by atoms with E-state index in [0.29, 0.717) is 6.04 Å². The lowest BCUT2D eigenvalue weighted by atomic mass is 10.1. The van der Waals surface area contributed by atoms with Crippen LogP contribution in [0.25, 0.3) is 0 Å². The van der Waals surface area contributed by atoms with E-state index in [1.165, 1.54) is 5.69 Å². The summed E-state index contributed by atoms with van der Waals surface area (Å²) in [5.41, 5.74) is 2.19. The maximum atomic E-state index is 9.41. The molecule has 0 bridgehead atoms. The first-order chi connectivity index (χ1) is 7.06. The highest BCUT2D eigenvalue weighted by Gasteiger charge is 2.08. The molecule has 0 radical (unpaired) electrons. The van der Waals surface area contributed by atoms with Gasteiger partial charge in [-0.25, -0.2) is 0 Å². The Bertz CT molecular complexity index is 290. The number of hydrogen-bond acceptors (Lipinski definition) is 2. The van der Waals surface area contributed by atoms with Gasteiger partial charge in [0.1, 0.15) is 0 Å². The van der Waals surface area contributed by atoms with Crippen LogP contribution in [-0.2, 0) is 0 Å². The normalized spacial score (nSPS) is 12.9. The molecule has 2 nitrogen and oxygen atoms in total. The number of benzene rings is 1. The monoisotopic (exact) mass is 207 g/mol. The maximum Gasteiger partial charge on any atom is 0.0761 e. The van der Waals surface area contributed by atoms with Crippen molar-refractivity contribution in [3.05, 3.63) is 29.8 Å². The lowest BCUT2D eigenvalue weighted by molar-refractivity contribution is 0.199. The van der Waals surface area contributed by atoms with Gasteiger partial charge in [-0.3, -0.25) is 0 Å². The van der Waals surface area contributed by atoms with Gasteiger partial charge in [-0.05, 0) is 45.4 Å². The van der Waals surface area contributed by atoms with Crippen molar-refractivity contribution < 1.29 is 5.11 Å². The molecule has 0 fully saturated rings. The fourth-order valence-corrected chi connectivity index (χ4v) is 1.79. The summed E-state index contributed by atoms with van der Waals surface area (Å²) >= 11 is 0. The second kappa shape index (κ2) is 5.17. The Morgan fingerprint density at radius 2 is 1.67 bits per heavy atom. The average molecular weight is 207 g/mol. The van der Waals surface area contributed by atoms with Crippen molar-refractivity contribution in [2.75, 3.05) is 11.4 Å². The molecular formula is C13H21NO. The van der Waals surface area contributed by atoms with Crippen molar-refractivity contribution in [3.63, 3.8) is 0 Å². The molecule has 1 aromatic carbocycles. The van der Waals surface area contributed by atoms with Crippen LogP contribution in [0.2, 0.25) is 0 Å².